The Balaban J connectivity index is 1.59. The molecule has 0 aliphatic carbocycles. The largest absolute Gasteiger partial charge is 0.339 e. The van der Waals surface area contributed by atoms with E-state index < -0.39 is 0 Å². The zero-order valence-corrected chi connectivity index (χ0v) is 15.9. The minimum atomic E-state index is 0.361. The molecule has 0 saturated carbocycles. The van der Waals surface area contributed by atoms with Gasteiger partial charge in [-0.15, -0.1) is 10.2 Å². The molecule has 0 spiro atoms. The van der Waals surface area contributed by atoms with Crippen molar-refractivity contribution in [3.63, 3.8) is 0 Å². The van der Waals surface area contributed by atoms with Crippen LogP contribution in [0.4, 0.5) is 22.9 Å². The molecule has 0 atom stereocenters. The lowest BCUT2D eigenvalue weighted by Gasteiger charge is -2.12. The normalized spacial score (nSPS) is 10.3. The maximum atomic E-state index is 5.73. The molecule has 3 aromatic rings. The van der Waals surface area contributed by atoms with Crippen LogP contribution in [0.3, 0.4) is 0 Å². The maximum Gasteiger partial charge on any atom is 0.175 e. The molecule has 5 nitrogen and oxygen atoms in total. The quantitative estimate of drug-likeness (QED) is 0.531. The van der Waals surface area contributed by atoms with E-state index in [0.717, 1.165) is 17.1 Å². The third kappa shape index (κ3) is 5.15. The molecule has 132 valence electrons. The monoisotopic (exact) mass is 383 g/mol. The van der Waals surface area contributed by atoms with Crippen molar-refractivity contribution in [1.29, 1.82) is 0 Å². The molecule has 7 heteroatoms. The van der Waals surface area contributed by atoms with Crippen molar-refractivity contribution in [3.05, 3.63) is 70.9 Å². The van der Waals surface area contributed by atoms with E-state index >= 15 is 0 Å². The molecule has 0 aliphatic heterocycles. The second-order valence-electron chi connectivity index (χ2n) is 5.90. The van der Waals surface area contributed by atoms with Gasteiger partial charge in [0.05, 0.1) is 0 Å². The zero-order valence-electron chi connectivity index (χ0n) is 14.4. The molecule has 0 unspecified atom stereocenters. The van der Waals surface area contributed by atoms with Crippen molar-refractivity contribution in [3.8, 4) is 0 Å². The summed E-state index contributed by atoms with van der Waals surface area (Å²) in [7, 11) is 0. The number of benzene rings is 2. The Morgan fingerprint density at radius 3 is 2.04 bits per heavy atom. The summed E-state index contributed by atoms with van der Waals surface area (Å²) in [6.45, 7) is 4.12. The van der Waals surface area contributed by atoms with Gasteiger partial charge in [0.2, 0.25) is 0 Å². The van der Waals surface area contributed by atoms with Crippen LogP contribution in [0.2, 0.25) is 5.15 Å². The summed E-state index contributed by atoms with van der Waals surface area (Å²) < 4.78 is 0. The third-order valence-corrected chi connectivity index (χ3v) is 3.93. The fraction of sp³-hybridized carbons (Fsp3) is 0.105. The Bertz CT molecular complexity index is 890. The second-order valence-corrected chi connectivity index (χ2v) is 6.69. The van der Waals surface area contributed by atoms with Crippen LogP contribution in [0.5, 0.6) is 0 Å². The first kappa shape index (κ1) is 18.1. The van der Waals surface area contributed by atoms with Crippen molar-refractivity contribution in [2.45, 2.75) is 13.8 Å². The number of rotatable bonds is 4. The summed E-state index contributed by atoms with van der Waals surface area (Å²) in [5.74, 6) is 0.627. The Morgan fingerprint density at radius 1 is 0.808 bits per heavy atom. The summed E-state index contributed by atoms with van der Waals surface area (Å²) in [6, 6.07) is 17.4. The summed E-state index contributed by atoms with van der Waals surface area (Å²) >= 11 is 11.1. The topological polar surface area (TPSA) is 61.9 Å². The smallest absolute Gasteiger partial charge is 0.175 e. The number of aromatic nitrogens is 2. The minimum absolute atomic E-state index is 0.361. The number of nitrogens with one attached hydrogen (secondary N) is 3. The van der Waals surface area contributed by atoms with Gasteiger partial charge in [-0.25, -0.2) is 0 Å². The van der Waals surface area contributed by atoms with Gasteiger partial charge in [0.1, 0.15) is 0 Å². The van der Waals surface area contributed by atoms with Crippen LogP contribution >= 0.6 is 23.8 Å². The molecule has 0 amide bonds. The lowest BCUT2D eigenvalue weighted by molar-refractivity contribution is 1.04. The molecule has 0 saturated heterocycles. The van der Waals surface area contributed by atoms with E-state index in [0.29, 0.717) is 16.1 Å². The molecule has 3 rings (SSSR count). The third-order valence-electron chi connectivity index (χ3n) is 3.53. The van der Waals surface area contributed by atoms with E-state index in [4.69, 9.17) is 23.8 Å². The van der Waals surface area contributed by atoms with Crippen LogP contribution in [0.1, 0.15) is 11.1 Å². The molecule has 3 N–H and O–H groups in total. The number of hydrogen-bond donors (Lipinski definition) is 3. The molecule has 26 heavy (non-hydrogen) atoms. The van der Waals surface area contributed by atoms with Gasteiger partial charge in [-0.05, 0) is 85.7 Å². The van der Waals surface area contributed by atoms with Crippen molar-refractivity contribution >= 4 is 51.8 Å². The van der Waals surface area contributed by atoms with Crippen LogP contribution in [0, 0.1) is 13.8 Å². The van der Waals surface area contributed by atoms with Crippen LogP contribution in [-0.2, 0) is 0 Å². The second kappa shape index (κ2) is 8.12. The molecule has 0 radical (unpaired) electrons. The van der Waals surface area contributed by atoms with Gasteiger partial charge in [0, 0.05) is 17.1 Å². The van der Waals surface area contributed by atoms with Crippen molar-refractivity contribution in [2.75, 3.05) is 16.0 Å². The molecular weight excluding hydrogens is 366 g/mol. The number of nitrogens with zero attached hydrogens (tertiary/aromatic N) is 2. The fourth-order valence-electron chi connectivity index (χ4n) is 2.51. The molecule has 0 aliphatic rings. The first-order valence-corrected chi connectivity index (χ1v) is 8.79. The van der Waals surface area contributed by atoms with E-state index in [1.807, 2.05) is 24.3 Å². The van der Waals surface area contributed by atoms with Gasteiger partial charge in [0.15, 0.2) is 16.1 Å². The van der Waals surface area contributed by atoms with Gasteiger partial charge in [0.25, 0.3) is 0 Å². The number of thiocarbonyl (C=S) groups is 1. The predicted molar refractivity (Wildman–Crippen MR) is 113 cm³/mol. The van der Waals surface area contributed by atoms with Gasteiger partial charge >= 0.3 is 0 Å². The SMILES string of the molecule is Cc1cc(C)cc(NC(=S)Nc2ccc(Nc3ccc(Cl)nn3)cc2)c1. The Morgan fingerprint density at radius 2 is 1.42 bits per heavy atom. The Hall–Kier alpha value is -2.70. The molecule has 0 bridgehead atoms. The summed E-state index contributed by atoms with van der Waals surface area (Å²) in [6.07, 6.45) is 0. The molecule has 0 fully saturated rings. The van der Waals surface area contributed by atoms with Crippen LogP contribution in [0.15, 0.2) is 54.6 Å². The lowest BCUT2D eigenvalue weighted by atomic mass is 10.1. The number of aryl methyl sites for hydroxylation is 2. The summed E-state index contributed by atoms with van der Waals surface area (Å²) in [4.78, 5) is 0. The molecular formula is C19H18ClN5S. The highest BCUT2D eigenvalue weighted by molar-refractivity contribution is 7.80. The van der Waals surface area contributed by atoms with E-state index in [2.05, 4.69) is 58.2 Å². The fourth-order valence-corrected chi connectivity index (χ4v) is 2.84. The maximum absolute atomic E-state index is 5.73. The van der Waals surface area contributed by atoms with Crippen LogP contribution in [-0.4, -0.2) is 15.3 Å². The number of anilines is 4. The highest BCUT2D eigenvalue weighted by Gasteiger charge is 2.02. The highest BCUT2D eigenvalue weighted by Crippen LogP contribution is 2.19. The molecule has 2 aromatic carbocycles. The van der Waals surface area contributed by atoms with Gasteiger partial charge < -0.3 is 16.0 Å². The average molecular weight is 384 g/mol. The van der Waals surface area contributed by atoms with Gasteiger partial charge in [-0.3, -0.25) is 0 Å². The summed E-state index contributed by atoms with van der Waals surface area (Å²) in [5.41, 5.74) is 5.13. The Labute approximate surface area is 162 Å². The van der Waals surface area contributed by atoms with E-state index in [9.17, 15) is 0 Å². The van der Waals surface area contributed by atoms with Crippen molar-refractivity contribution < 1.29 is 0 Å². The highest BCUT2D eigenvalue weighted by atomic mass is 35.5. The van der Waals surface area contributed by atoms with E-state index in [1.54, 1.807) is 12.1 Å². The molecule has 1 aromatic heterocycles. The predicted octanol–water partition coefficient (Wildman–Crippen LogP) is 5.30. The standard InChI is InChI=1S/C19H18ClN5S/c1-12-9-13(2)11-16(10-12)23-19(26)22-15-5-3-14(4-6-15)21-18-8-7-17(20)24-25-18/h3-11H,1-2H3,(H,21,25)(H2,22,23,26). The first-order valence-electron chi connectivity index (χ1n) is 8.00. The van der Waals surface area contributed by atoms with Crippen LogP contribution in [0.25, 0.3) is 0 Å². The van der Waals surface area contributed by atoms with Gasteiger partial charge in [-0.1, -0.05) is 17.7 Å². The van der Waals surface area contributed by atoms with Crippen LogP contribution < -0.4 is 16.0 Å². The van der Waals surface area contributed by atoms with E-state index in [-0.39, 0.29) is 0 Å². The zero-order chi connectivity index (χ0) is 18.5. The Kier molecular flexibility index (Phi) is 5.65. The van der Waals surface area contributed by atoms with E-state index in [1.165, 1.54) is 11.1 Å². The van der Waals surface area contributed by atoms with Gasteiger partial charge in [-0.2, -0.15) is 0 Å². The van der Waals surface area contributed by atoms with Crippen molar-refractivity contribution in [2.24, 2.45) is 0 Å². The summed E-state index contributed by atoms with van der Waals surface area (Å²) in [5, 5.41) is 18.2. The number of halogens is 1. The minimum Gasteiger partial charge on any atom is -0.339 e. The lowest BCUT2D eigenvalue weighted by Crippen LogP contribution is -2.19. The number of hydrogen-bond acceptors (Lipinski definition) is 4. The molecule has 1 heterocycles. The first-order chi connectivity index (χ1) is 12.5. The van der Waals surface area contributed by atoms with Crippen molar-refractivity contribution in [1.82, 2.24) is 10.2 Å². The average Bonchev–Trinajstić information content (AvgIpc) is 2.57.